The number of hydrogen-bond donors (Lipinski definition) is 1. The Morgan fingerprint density at radius 3 is 2.75 bits per heavy atom. The van der Waals surface area contributed by atoms with E-state index in [-0.39, 0.29) is 6.04 Å². The van der Waals surface area contributed by atoms with Crippen LogP contribution in [0.2, 0.25) is 5.02 Å². The van der Waals surface area contributed by atoms with Crippen molar-refractivity contribution in [3.8, 4) is 5.88 Å². The molecule has 0 fully saturated rings. The van der Waals surface area contributed by atoms with Gasteiger partial charge in [-0.3, -0.25) is 0 Å². The number of benzene rings is 1. The molecule has 0 radical (unpaired) electrons. The smallest absolute Gasteiger partial charge is 0.212 e. The average Bonchev–Trinajstić information content (AvgIpc) is 2.45. The molecule has 0 aliphatic carbocycles. The Morgan fingerprint density at radius 1 is 1.35 bits per heavy atom. The van der Waals surface area contributed by atoms with Gasteiger partial charge in [0.15, 0.2) is 0 Å². The molecule has 1 unspecified atom stereocenters. The highest BCUT2D eigenvalue weighted by atomic mass is 79.9. The summed E-state index contributed by atoms with van der Waals surface area (Å²) in [6.07, 6.45) is 1.81. The van der Waals surface area contributed by atoms with Crippen LogP contribution in [0.3, 0.4) is 0 Å². The number of methoxy groups -OCH3 is 1. The van der Waals surface area contributed by atoms with E-state index in [2.05, 4.69) is 33.2 Å². The average molecular weight is 356 g/mol. The molecule has 1 aromatic heterocycles. The van der Waals surface area contributed by atoms with Crippen LogP contribution < -0.4 is 10.1 Å². The monoisotopic (exact) mass is 354 g/mol. The van der Waals surface area contributed by atoms with Gasteiger partial charge in [-0.15, -0.1) is 0 Å². The maximum atomic E-state index is 6.25. The lowest BCUT2D eigenvalue weighted by atomic mass is 10.1. The maximum absolute atomic E-state index is 6.25. The molecule has 1 N–H and O–H groups in total. The lowest BCUT2D eigenvalue weighted by molar-refractivity contribution is 0.397. The number of halogens is 2. The molecule has 20 heavy (non-hydrogen) atoms. The molecule has 2 aromatic rings. The second kappa shape index (κ2) is 7.07. The van der Waals surface area contributed by atoms with Crippen molar-refractivity contribution in [3.05, 3.63) is 57.2 Å². The lowest BCUT2D eigenvalue weighted by Gasteiger charge is -2.16. The fraction of sp³-hybridized carbons (Fsp3) is 0.267. The second-order valence-corrected chi connectivity index (χ2v) is 5.80. The molecular weight excluding hydrogens is 340 g/mol. The van der Waals surface area contributed by atoms with Gasteiger partial charge >= 0.3 is 0 Å². The first-order valence-electron chi connectivity index (χ1n) is 6.27. The Balaban J connectivity index is 1.98. The summed E-state index contributed by atoms with van der Waals surface area (Å²) in [5.74, 6) is 0.623. The van der Waals surface area contributed by atoms with Gasteiger partial charge in [-0.05, 0) is 30.2 Å². The van der Waals surface area contributed by atoms with Gasteiger partial charge < -0.3 is 10.1 Å². The van der Waals surface area contributed by atoms with Gasteiger partial charge in [-0.1, -0.05) is 39.7 Å². The van der Waals surface area contributed by atoms with E-state index in [9.17, 15) is 0 Å². The van der Waals surface area contributed by atoms with E-state index in [1.807, 2.05) is 36.5 Å². The van der Waals surface area contributed by atoms with E-state index in [0.717, 1.165) is 27.2 Å². The minimum atomic E-state index is 0.165. The number of ether oxygens (including phenoxy) is 1. The largest absolute Gasteiger partial charge is 0.481 e. The van der Waals surface area contributed by atoms with Crippen LogP contribution in [0.1, 0.15) is 24.1 Å². The van der Waals surface area contributed by atoms with Crippen LogP contribution in [0.5, 0.6) is 5.88 Å². The SMILES string of the molecule is COc1ccc(CNC(C)c2ccc(Br)cc2Cl)cn1. The Bertz CT molecular complexity index is 575. The minimum absolute atomic E-state index is 0.165. The van der Waals surface area contributed by atoms with Crippen molar-refractivity contribution in [2.75, 3.05) is 7.11 Å². The molecule has 0 amide bonds. The molecule has 0 aliphatic heterocycles. The molecule has 0 saturated carbocycles. The van der Waals surface area contributed by atoms with E-state index in [0.29, 0.717) is 5.88 Å². The molecule has 5 heteroatoms. The first-order chi connectivity index (χ1) is 9.60. The molecule has 106 valence electrons. The van der Waals surface area contributed by atoms with Crippen molar-refractivity contribution < 1.29 is 4.74 Å². The zero-order valence-corrected chi connectivity index (χ0v) is 13.7. The highest BCUT2D eigenvalue weighted by Crippen LogP contribution is 2.26. The summed E-state index contributed by atoms with van der Waals surface area (Å²) < 4.78 is 6.02. The Morgan fingerprint density at radius 2 is 2.15 bits per heavy atom. The zero-order valence-electron chi connectivity index (χ0n) is 11.4. The standard InChI is InChI=1S/C15H16BrClN2O/c1-10(13-5-4-12(16)7-14(13)17)18-8-11-3-6-15(20-2)19-9-11/h3-7,9-10,18H,8H2,1-2H3. The molecule has 1 heterocycles. The van der Waals surface area contributed by atoms with Crippen molar-refractivity contribution in [3.63, 3.8) is 0 Å². The van der Waals surface area contributed by atoms with Crippen molar-refractivity contribution in [1.29, 1.82) is 0 Å². The highest BCUT2D eigenvalue weighted by Gasteiger charge is 2.09. The highest BCUT2D eigenvalue weighted by molar-refractivity contribution is 9.10. The van der Waals surface area contributed by atoms with Crippen molar-refractivity contribution in [2.24, 2.45) is 0 Å². The van der Waals surface area contributed by atoms with E-state index in [1.165, 1.54) is 0 Å². The molecule has 2 rings (SSSR count). The molecular formula is C15H16BrClN2O. The summed E-state index contributed by atoms with van der Waals surface area (Å²) >= 11 is 9.66. The van der Waals surface area contributed by atoms with E-state index in [1.54, 1.807) is 7.11 Å². The number of pyridine rings is 1. The summed E-state index contributed by atoms with van der Waals surface area (Å²) in [5.41, 5.74) is 2.18. The van der Waals surface area contributed by atoms with Gasteiger partial charge in [-0.25, -0.2) is 4.98 Å². The van der Waals surface area contributed by atoms with Crippen molar-refractivity contribution in [1.82, 2.24) is 10.3 Å². The topological polar surface area (TPSA) is 34.1 Å². The molecule has 3 nitrogen and oxygen atoms in total. The van der Waals surface area contributed by atoms with Crippen LogP contribution in [0.4, 0.5) is 0 Å². The van der Waals surface area contributed by atoms with Crippen LogP contribution in [-0.2, 0) is 6.54 Å². The van der Waals surface area contributed by atoms with E-state index in [4.69, 9.17) is 16.3 Å². The predicted molar refractivity (Wildman–Crippen MR) is 85.2 cm³/mol. The van der Waals surface area contributed by atoms with Crippen LogP contribution >= 0.6 is 27.5 Å². The van der Waals surface area contributed by atoms with Gasteiger partial charge in [0.1, 0.15) is 0 Å². The Labute approximate surface area is 132 Å². The second-order valence-electron chi connectivity index (χ2n) is 4.48. The molecule has 0 saturated heterocycles. The van der Waals surface area contributed by atoms with Crippen LogP contribution in [0, 0.1) is 0 Å². The van der Waals surface area contributed by atoms with Crippen molar-refractivity contribution >= 4 is 27.5 Å². The number of nitrogens with one attached hydrogen (secondary N) is 1. The zero-order chi connectivity index (χ0) is 14.5. The van der Waals surface area contributed by atoms with Gasteiger partial charge in [0.2, 0.25) is 5.88 Å². The molecule has 0 aliphatic rings. The summed E-state index contributed by atoms with van der Waals surface area (Å²) in [6.45, 7) is 2.82. The summed E-state index contributed by atoms with van der Waals surface area (Å²) in [6, 6.07) is 9.94. The first-order valence-corrected chi connectivity index (χ1v) is 7.44. The minimum Gasteiger partial charge on any atom is -0.481 e. The van der Waals surface area contributed by atoms with Gasteiger partial charge in [-0.2, -0.15) is 0 Å². The Kier molecular flexibility index (Phi) is 5.40. The van der Waals surface area contributed by atoms with Gasteiger partial charge in [0, 0.05) is 34.3 Å². The predicted octanol–water partition coefficient (Wildman–Crippen LogP) is 4.36. The number of hydrogen-bond acceptors (Lipinski definition) is 3. The van der Waals surface area contributed by atoms with Crippen LogP contribution in [-0.4, -0.2) is 12.1 Å². The third kappa shape index (κ3) is 3.95. The molecule has 1 atom stereocenters. The van der Waals surface area contributed by atoms with Gasteiger partial charge in [0.25, 0.3) is 0 Å². The molecule has 0 bridgehead atoms. The summed E-state index contributed by atoms with van der Waals surface area (Å²) in [7, 11) is 1.61. The Hall–Kier alpha value is -1.10. The number of rotatable bonds is 5. The van der Waals surface area contributed by atoms with Gasteiger partial charge in [0.05, 0.1) is 7.11 Å². The van der Waals surface area contributed by atoms with E-state index < -0.39 is 0 Å². The number of nitrogens with zero attached hydrogens (tertiary/aromatic N) is 1. The van der Waals surface area contributed by atoms with Crippen LogP contribution in [0.25, 0.3) is 0 Å². The van der Waals surface area contributed by atoms with Crippen molar-refractivity contribution in [2.45, 2.75) is 19.5 Å². The normalized spacial score (nSPS) is 12.2. The fourth-order valence-corrected chi connectivity index (χ4v) is 2.71. The third-order valence-electron chi connectivity index (χ3n) is 3.05. The molecule has 0 spiro atoms. The molecule has 1 aromatic carbocycles. The maximum Gasteiger partial charge on any atom is 0.212 e. The first kappa shape index (κ1) is 15.3. The third-order valence-corrected chi connectivity index (χ3v) is 3.87. The fourth-order valence-electron chi connectivity index (χ4n) is 1.87. The number of aromatic nitrogens is 1. The lowest BCUT2D eigenvalue weighted by Crippen LogP contribution is -2.18. The quantitative estimate of drug-likeness (QED) is 0.865. The van der Waals surface area contributed by atoms with E-state index >= 15 is 0 Å². The summed E-state index contributed by atoms with van der Waals surface area (Å²) in [5, 5.41) is 4.19. The van der Waals surface area contributed by atoms with Crippen LogP contribution in [0.15, 0.2) is 41.0 Å². The summed E-state index contributed by atoms with van der Waals surface area (Å²) in [4.78, 5) is 4.18.